The molecule has 0 spiro atoms. The molecule has 6 nitrogen and oxygen atoms in total. The predicted octanol–water partition coefficient (Wildman–Crippen LogP) is 0.00548. The summed E-state index contributed by atoms with van der Waals surface area (Å²) in [5, 5.41) is 8.40. The van der Waals surface area contributed by atoms with Crippen LogP contribution in [0.25, 0.3) is 0 Å². The van der Waals surface area contributed by atoms with Gasteiger partial charge in [-0.3, -0.25) is 14.6 Å². The molecule has 0 saturated carbocycles. The number of carbonyl (C=O) groups is 1. The first-order valence-corrected chi connectivity index (χ1v) is 5.26. The highest BCUT2D eigenvalue weighted by Crippen LogP contribution is 1.94. The molecule has 0 N–H and O–H groups in total. The van der Waals surface area contributed by atoms with E-state index < -0.39 is 0 Å². The minimum Gasteiger partial charge on any atom is -0.345 e. The average Bonchev–Trinajstić information content (AvgIpc) is 2.34. The Kier molecular flexibility index (Phi) is 4.88. The van der Waals surface area contributed by atoms with E-state index in [1.807, 2.05) is 6.07 Å². The fourth-order valence-corrected chi connectivity index (χ4v) is 1.31. The van der Waals surface area contributed by atoms with Gasteiger partial charge in [0.05, 0.1) is 18.7 Å². The highest BCUT2D eigenvalue weighted by Gasteiger charge is 2.08. The van der Waals surface area contributed by atoms with Crippen LogP contribution >= 0.6 is 0 Å². The number of aryl methyl sites for hydroxylation is 1. The van der Waals surface area contributed by atoms with Crippen LogP contribution in [0.15, 0.2) is 23.4 Å². The molecule has 17 heavy (non-hydrogen) atoms. The predicted molar refractivity (Wildman–Crippen MR) is 61.0 cm³/mol. The Hall–Kier alpha value is -2.16. The number of carbonyl (C=O) groups excluding carboxylic acids is 1. The van der Waals surface area contributed by atoms with E-state index >= 15 is 0 Å². The van der Waals surface area contributed by atoms with Crippen LogP contribution in [0.2, 0.25) is 0 Å². The molecule has 1 amide bonds. The molecule has 0 fully saturated rings. The van der Waals surface area contributed by atoms with Crippen LogP contribution in [0.3, 0.4) is 0 Å². The van der Waals surface area contributed by atoms with Crippen molar-refractivity contribution in [3.63, 3.8) is 0 Å². The Balaban J connectivity index is 2.46. The third-order valence-electron chi connectivity index (χ3n) is 2.35. The Morgan fingerprint density at radius 2 is 2.41 bits per heavy atom. The molecule has 0 aliphatic rings. The molecule has 0 aliphatic carbocycles. The van der Waals surface area contributed by atoms with Crippen molar-refractivity contribution in [1.82, 2.24) is 14.5 Å². The quantitative estimate of drug-likeness (QED) is 0.718. The Morgan fingerprint density at radius 1 is 1.65 bits per heavy atom. The first-order chi connectivity index (χ1) is 8.15. The van der Waals surface area contributed by atoms with E-state index in [0.29, 0.717) is 19.5 Å². The first-order valence-electron chi connectivity index (χ1n) is 5.26. The molecule has 0 radical (unpaired) electrons. The highest BCUT2D eigenvalue weighted by atomic mass is 16.2. The maximum absolute atomic E-state index is 11.6. The van der Waals surface area contributed by atoms with Crippen LogP contribution in [0.5, 0.6) is 0 Å². The lowest BCUT2D eigenvalue weighted by molar-refractivity contribution is -0.130. The molecular formula is C11H14N4O2. The van der Waals surface area contributed by atoms with Gasteiger partial charge in [-0.15, -0.1) is 0 Å². The number of nitriles is 1. The van der Waals surface area contributed by atoms with Gasteiger partial charge in [0.25, 0.3) is 5.56 Å². The summed E-state index contributed by atoms with van der Waals surface area (Å²) in [6, 6.07) is 1.98. The normalized spacial score (nSPS) is 9.65. The third-order valence-corrected chi connectivity index (χ3v) is 2.35. The van der Waals surface area contributed by atoms with Gasteiger partial charge in [0.15, 0.2) is 0 Å². The molecule has 0 atom stereocenters. The van der Waals surface area contributed by atoms with Gasteiger partial charge in [-0.2, -0.15) is 5.26 Å². The van der Waals surface area contributed by atoms with Crippen LogP contribution in [0.1, 0.15) is 12.8 Å². The molecule has 0 bridgehead atoms. The van der Waals surface area contributed by atoms with Gasteiger partial charge in [0.1, 0.15) is 0 Å². The van der Waals surface area contributed by atoms with Gasteiger partial charge in [-0.25, -0.2) is 0 Å². The van der Waals surface area contributed by atoms with Crippen LogP contribution in [-0.4, -0.2) is 34.0 Å². The molecule has 1 aromatic rings. The van der Waals surface area contributed by atoms with Crippen molar-refractivity contribution in [1.29, 1.82) is 5.26 Å². The van der Waals surface area contributed by atoms with E-state index in [1.165, 1.54) is 21.9 Å². The van der Waals surface area contributed by atoms with Gasteiger partial charge in [-0.05, 0) is 0 Å². The summed E-state index contributed by atoms with van der Waals surface area (Å²) >= 11 is 0. The zero-order valence-corrected chi connectivity index (χ0v) is 9.67. The number of nitrogens with zero attached hydrogens (tertiary/aromatic N) is 4. The maximum atomic E-state index is 11.6. The lowest BCUT2D eigenvalue weighted by atomic mass is 10.3. The van der Waals surface area contributed by atoms with Crippen molar-refractivity contribution >= 4 is 5.91 Å². The molecular weight excluding hydrogens is 220 g/mol. The molecule has 1 rings (SSSR count). The van der Waals surface area contributed by atoms with Gasteiger partial charge >= 0.3 is 0 Å². The average molecular weight is 234 g/mol. The second kappa shape index (κ2) is 6.43. The number of amides is 1. The fraction of sp³-hybridized carbons (Fsp3) is 0.455. The number of rotatable bonds is 5. The third kappa shape index (κ3) is 4.07. The van der Waals surface area contributed by atoms with Crippen molar-refractivity contribution in [3.8, 4) is 6.07 Å². The van der Waals surface area contributed by atoms with Crippen LogP contribution in [0.4, 0.5) is 0 Å². The lowest BCUT2D eigenvalue weighted by Gasteiger charge is -2.15. The summed E-state index contributed by atoms with van der Waals surface area (Å²) in [5.74, 6) is -0.0797. The monoisotopic (exact) mass is 234 g/mol. The van der Waals surface area contributed by atoms with Crippen LogP contribution < -0.4 is 5.56 Å². The SMILES string of the molecule is CN(CCC#N)C(=O)CCn1ccncc1=O. The summed E-state index contributed by atoms with van der Waals surface area (Å²) in [6.07, 6.45) is 4.82. The van der Waals surface area contributed by atoms with E-state index in [2.05, 4.69) is 4.98 Å². The number of aromatic nitrogens is 2. The maximum Gasteiger partial charge on any atom is 0.268 e. The molecule has 0 saturated heterocycles. The Bertz CT molecular complexity index is 475. The lowest BCUT2D eigenvalue weighted by Crippen LogP contribution is -2.29. The number of hydrogen-bond acceptors (Lipinski definition) is 4. The summed E-state index contributed by atoms with van der Waals surface area (Å²) in [6.45, 7) is 0.748. The van der Waals surface area contributed by atoms with E-state index in [4.69, 9.17) is 5.26 Å². The Labute approximate surface area is 99.1 Å². The zero-order chi connectivity index (χ0) is 12.7. The molecule has 0 aliphatic heterocycles. The largest absolute Gasteiger partial charge is 0.345 e. The summed E-state index contributed by atoms with van der Waals surface area (Å²) < 4.78 is 1.43. The fourth-order valence-electron chi connectivity index (χ4n) is 1.31. The smallest absolute Gasteiger partial charge is 0.268 e. The summed E-state index contributed by atoms with van der Waals surface area (Å²) in [7, 11) is 1.65. The van der Waals surface area contributed by atoms with Crippen molar-refractivity contribution in [2.24, 2.45) is 0 Å². The molecule has 0 unspecified atom stereocenters. The zero-order valence-electron chi connectivity index (χ0n) is 9.67. The van der Waals surface area contributed by atoms with E-state index in [9.17, 15) is 9.59 Å². The second-order valence-electron chi connectivity index (χ2n) is 3.58. The van der Waals surface area contributed by atoms with Gasteiger partial charge in [-0.1, -0.05) is 0 Å². The van der Waals surface area contributed by atoms with Gasteiger partial charge < -0.3 is 9.47 Å². The second-order valence-corrected chi connectivity index (χ2v) is 3.58. The molecule has 6 heteroatoms. The van der Waals surface area contributed by atoms with Crippen molar-refractivity contribution < 1.29 is 4.79 Å². The van der Waals surface area contributed by atoms with Crippen molar-refractivity contribution in [2.45, 2.75) is 19.4 Å². The van der Waals surface area contributed by atoms with E-state index in [1.54, 1.807) is 13.2 Å². The highest BCUT2D eigenvalue weighted by molar-refractivity contribution is 5.75. The molecule has 1 aromatic heterocycles. The minimum atomic E-state index is -0.222. The summed E-state index contributed by atoms with van der Waals surface area (Å²) in [4.78, 5) is 28.1. The number of hydrogen-bond donors (Lipinski definition) is 0. The van der Waals surface area contributed by atoms with Gasteiger partial charge in [0, 0.05) is 39.0 Å². The Morgan fingerprint density at radius 3 is 3.06 bits per heavy atom. The summed E-state index contributed by atoms with van der Waals surface area (Å²) in [5.41, 5.74) is -0.222. The van der Waals surface area contributed by atoms with E-state index in [-0.39, 0.29) is 17.9 Å². The topological polar surface area (TPSA) is 79.0 Å². The molecule has 0 aromatic carbocycles. The van der Waals surface area contributed by atoms with Crippen LogP contribution in [0, 0.1) is 11.3 Å². The van der Waals surface area contributed by atoms with Crippen LogP contribution in [-0.2, 0) is 11.3 Å². The molecule has 1 heterocycles. The van der Waals surface area contributed by atoms with Crippen molar-refractivity contribution in [2.75, 3.05) is 13.6 Å². The molecule has 90 valence electrons. The minimum absolute atomic E-state index is 0.0797. The first kappa shape index (κ1) is 12.9. The van der Waals surface area contributed by atoms with Crippen molar-refractivity contribution in [3.05, 3.63) is 28.9 Å². The van der Waals surface area contributed by atoms with Gasteiger partial charge in [0.2, 0.25) is 5.91 Å². The standard InChI is InChI=1S/C11H14N4O2/c1-14(6-2-4-12)10(16)3-7-15-8-5-13-9-11(15)17/h5,8-9H,2-3,6-7H2,1H3. The van der Waals surface area contributed by atoms with E-state index in [0.717, 1.165) is 0 Å².